The molecule has 0 aromatic heterocycles. The molecule has 3 rings (SSSR count). The zero-order chi connectivity index (χ0) is 59.7. The van der Waals surface area contributed by atoms with Crippen LogP contribution in [0.15, 0.2) is 72.9 Å². The summed E-state index contributed by atoms with van der Waals surface area (Å²) >= 11 is 0. The van der Waals surface area contributed by atoms with E-state index in [1.54, 1.807) is 6.08 Å². The molecule has 17 atom stereocenters. The van der Waals surface area contributed by atoms with Crippen LogP contribution in [0.25, 0.3) is 0 Å². The minimum Gasteiger partial charge on any atom is -0.394 e. The van der Waals surface area contributed by atoms with E-state index in [0.717, 1.165) is 70.6 Å². The maximum atomic E-state index is 13.3. The topological polar surface area (TPSA) is 307 Å². The minimum absolute atomic E-state index is 0.204. The molecule has 0 saturated carbocycles. The van der Waals surface area contributed by atoms with E-state index >= 15 is 0 Å². The lowest BCUT2D eigenvalue weighted by Crippen LogP contribution is -2.66. The van der Waals surface area contributed by atoms with Gasteiger partial charge in [-0.3, -0.25) is 4.79 Å². The van der Waals surface area contributed by atoms with Gasteiger partial charge in [0.25, 0.3) is 0 Å². The molecule has 19 nitrogen and oxygen atoms in total. The third kappa shape index (κ3) is 28.6. The maximum absolute atomic E-state index is 13.3. The number of nitrogens with one attached hydrogen (secondary N) is 1. The number of aliphatic hydroxyl groups excluding tert-OH is 11. The Balaban J connectivity index is 1.52. The maximum Gasteiger partial charge on any atom is 0.220 e. The van der Waals surface area contributed by atoms with Crippen molar-refractivity contribution in [2.24, 2.45) is 0 Å². The van der Waals surface area contributed by atoms with E-state index in [4.69, 9.17) is 28.4 Å². The van der Waals surface area contributed by atoms with E-state index in [1.165, 1.54) is 83.5 Å². The van der Waals surface area contributed by atoms with E-state index in [-0.39, 0.29) is 18.9 Å². The summed E-state index contributed by atoms with van der Waals surface area (Å²) in [5.74, 6) is -0.312. The van der Waals surface area contributed by atoms with Crippen LogP contribution in [-0.4, -0.2) is 193 Å². The number of carbonyl (C=O) groups is 1. The summed E-state index contributed by atoms with van der Waals surface area (Å²) in [5, 5.41) is 120. The van der Waals surface area contributed by atoms with Gasteiger partial charge in [0.2, 0.25) is 5.91 Å². The van der Waals surface area contributed by atoms with Gasteiger partial charge in [-0.1, -0.05) is 183 Å². The van der Waals surface area contributed by atoms with Gasteiger partial charge in [0, 0.05) is 6.42 Å². The second kappa shape index (κ2) is 45.5. The van der Waals surface area contributed by atoms with Gasteiger partial charge in [-0.15, -0.1) is 0 Å². The lowest BCUT2D eigenvalue weighted by atomic mass is 9.96. The fourth-order valence-corrected chi connectivity index (χ4v) is 10.1. The predicted octanol–water partition coefficient (Wildman–Crippen LogP) is 6.21. The van der Waals surface area contributed by atoms with Crippen LogP contribution >= 0.6 is 0 Å². The fraction of sp³-hybridized carbons (Fsp3) is 0.794. The fourth-order valence-electron chi connectivity index (χ4n) is 10.1. The van der Waals surface area contributed by atoms with Crippen molar-refractivity contribution in [1.29, 1.82) is 0 Å². The zero-order valence-electron chi connectivity index (χ0n) is 49.4. The second-order valence-electron chi connectivity index (χ2n) is 22.1. The number of allylic oxidation sites excluding steroid dienone is 11. The largest absolute Gasteiger partial charge is 0.394 e. The summed E-state index contributed by atoms with van der Waals surface area (Å²) in [6, 6.07) is -1.01. The van der Waals surface area contributed by atoms with E-state index in [2.05, 4.69) is 79.9 Å². The number of hydrogen-bond acceptors (Lipinski definition) is 18. The molecule has 3 aliphatic rings. The molecule has 0 bridgehead atoms. The molecule has 12 N–H and O–H groups in total. The number of amides is 1. The van der Waals surface area contributed by atoms with Gasteiger partial charge in [0.05, 0.1) is 38.6 Å². The van der Waals surface area contributed by atoms with Gasteiger partial charge < -0.3 is 89.9 Å². The summed E-state index contributed by atoms with van der Waals surface area (Å²) in [5.41, 5.74) is 0. The van der Waals surface area contributed by atoms with Crippen LogP contribution in [0.5, 0.6) is 0 Å². The number of aliphatic hydroxyl groups is 11. The molecule has 19 heteroatoms. The van der Waals surface area contributed by atoms with Gasteiger partial charge in [-0.05, 0) is 70.6 Å². The van der Waals surface area contributed by atoms with Crippen LogP contribution < -0.4 is 5.32 Å². The quantitative estimate of drug-likeness (QED) is 0.0238. The average molecular weight is 1170 g/mol. The number of hydrogen-bond donors (Lipinski definition) is 12. The molecular weight excluding hydrogens is 1060 g/mol. The van der Waals surface area contributed by atoms with Crippen LogP contribution in [0, 0.1) is 0 Å². The van der Waals surface area contributed by atoms with Gasteiger partial charge in [-0.25, -0.2) is 0 Å². The molecule has 17 unspecified atom stereocenters. The summed E-state index contributed by atoms with van der Waals surface area (Å²) in [4.78, 5) is 13.3. The van der Waals surface area contributed by atoms with Crippen molar-refractivity contribution in [2.45, 2.75) is 291 Å². The molecule has 1 amide bonds. The normalized spacial score (nSPS) is 30.1. The molecule has 0 radical (unpaired) electrons. The van der Waals surface area contributed by atoms with Crippen molar-refractivity contribution in [1.82, 2.24) is 5.32 Å². The molecule has 3 heterocycles. The summed E-state index contributed by atoms with van der Waals surface area (Å²) in [6.07, 6.45) is 27.4. The second-order valence-corrected chi connectivity index (χ2v) is 22.1. The van der Waals surface area contributed by atoms with E-state index in [9.17, 15) is 61.0 Å². The Morgan fingerprint density at radius 2 is 0.854 bits per heavy atom. The molecule has 0 spiro atoms. The molecule has 474 valence electrons. The third-order valence-electron chi connectivity index (χ3n) is 15.2. The molecule has 0 aromatic rings. The highest BCUT2D eigenvalue weighted by Gasteiger charge is 2.53. The smallest absolute Gasteiger partial charge is 0.220 e. The number of unbranched alkanes of at least 4 members (excludes halogenated alkanes) is 19. The van der Waals surface area contributed by atoms with Gasteiger partial charge in [0.1, 0.15) is 73.2 Å². The lowest BCUT2D eigenvalue weighted by molar-refractivity contribution is -0.379. The Morgan fingerprint density at radius 1 is 0.451 bits per heavy atom. The Labute approximate surface area is 489 Å². The Hall–Kier alpha value is -2.77. The highest BCUT2D eigenvalue weighted by molar-refractivity contribution is 5.76. The minimum atomic E-state index is -1.99. The molecule has 0 aromatic carbocycles. The third-order valence-corrected chi connectivity index (χ3v) is 15.2. The Bertz CT molecular complexity index is 1780. The van der Waals surface area contributed by atoms with Gasteiger partial charge in [-0.2, -0.15) is 0 Å². The predicted molar refractivity (Wildman–Crippen MR) is 314 cm³/mol. The van der Waals surface area contributed by atoms with Crippen molar-refractivity contribution in [2.75, 3.05) is 26.4 Å². The molecule has 0 aliphatic carbocycles. The number of ether oxygens (including phenoxy) is 6. The van der Waals surface area contributed by atoms with Crippen molar-refractivity contribution < 1.29 is 89.4 Å². The first-order chi connectivity index (χ1) is 39.8. The average Bonchev–Trinajstić information content (AvgIpc) is 3.39. The zero-order valence-corrected chi connectivity index (χ0v) is 49.4. The monoisotopic (exact) mass is 1170 g/mol. The van der Waals surface area contributed by atoms with Crippen molar-refractivity contribution in [3.8, 4) is 0 Å². The van der Waals surface area contributed by atoms with Crippen LogP contribution in [0.2, 0.25) is 0 Å². The molecule has 3 fully saturated rings. The Kier molecular flexibility index (Phi) is 40.8. The van der Waals surface area contributed by atoms with Crippen molar-refractivity contribution in [3.05, 3.63) is 72.9 Å². The van der Waals surface area contributed by atoms with Crippen LogP contribution in [0.1, 0.15) is 187 Å². The van der Waals surface area contributed by atoms with E-state index < -0.39 is 124 Å². The molecule has 3 saturated heterocycles. The molecular formula is C63H109NO18. The van der Waals surface area contributed by atoms with Crippen LogP contribution in [0.4, 0.5) is 0 Å². The Morgan fingerprint density at radius 3 is 1.37 bits per heavy atom. The number of rotatable bonds is 45. The SMILES string of the molecule is CC/C=C\C/C=C\C/C=C\C/C=C\CCCCCCC(=O)NC(COC1OC(CO)C(OC2OC(CO)C(OC3OC(CO)C(O)C(O)C3O)C(O)C2O)C(O)C1O)C(O)/C=C/CC/C=C/CCCCCCCCCCCCCCCC. The van der Waals surface area contributed by atoms with Gasteiger partial charge >= 0.3 is 0 Å². The first kappa shape index (κ1) is 73.5. The van der Waals surface area contributed by atoms with Crippen molar-refractivity contribution >= 4 is 5.91 Å². The van der Waals surface area contributed by atoms with E-state index in [0.29, 0.717) is 12.8 Å². The van der Waals surface area contributed by atoms with Crippen LogP contribution in [0.3, 0.4) is 0 Å². The number of carbonyl (C=O) groups excluding carboxylic acids is 1. The first-order valence-corrected chi connectivity index (χ1v) is 31.2. The van der Waals surface area contributed by atoms with Crippen LogP contribution in [-0.2, 0) is 33.2 Å². The standard InChI is InChI=1S/C63H109NO18/c1-3-5-7-9-11-13-15-17-19-21-22-23-25-26-28-30-32-34-36-38-40-47(68)46(64-51(69)41-39-37-35-33-31-29-27-24-20-18-16-14-12-10-8-6-4-2)45-77-61-57(75)54(72)59(49(43-66)79-61)82-63-58(76)55(73)60(50(44-67)80-63)81-62-56(74)53(71)52(70)48(42-65)78-62/h6,8,12,14,18,20,27,29-30,32,38,40,46-50,52-63,65-68,70-76H,3-5,7,9-11,13,15-17,19,21-26,28,31,33-37,39,41-45H2,1-2H3,(H,64,69)/b8-6-,14-12-,20-18-,29-27-,32-30+,40-38+. The summed E-state index contributed by atoms with van der Waals surface area (Å²) < 4.78 is 34.2. The highest BCUT2D eigenvalue weighted by atomic mass is 16.8. The van der Waals surface area contributed by atoms with E-state index in [1.807, 2.05) is 6.08 Å². The molecule has 82 heavy (non-hydrogen) atoms. The first-order valence-electron chi connectivity index (χ1n) is 31.2. The van der Waals surface area contributed by atoms with Crippen molar-refractivity contribution in [3.63, 3.8) is 0 Å². The summed E-state index contributed by atoms with van der Waals surface area (Å²) in [7, 11) is 0. The highest BCUT2D eigenvalue weighted by Crippen LogP contribution is 2.33. The molecule has 3 aliphatic heterocycles. The lowest BCUT2D eigenvalue weighted by Gasteiger charge is -2.48. The summed E-state index contributed by atoms with van der Waals surface area (Å²) in [6.45, 7) is 1.56. The van der Waals surface area contributed by atoms with Gasteiger partial charge in [0.15, 0.2) is 18.9 Å².